The van der Waals surface area contributed by atoms with E-state index in [1.54, 1.807) is 22.9 Å². The average molecular weight is 259 g/mol. The number of hydrogen-bond acceptors (Lipinski definition) is 4. The van der Waals surface area contributed by atoms with Crippen LogP contribution in [0.1, 0.15) is 0 Å². The number of nitrogens with one attached hydrogen (secondary N) is 1. The van der Waals surface area contributed by atoms with Crippen molar-refractivity contribution in [2.75, 3.05) is 13.2 Å². The smallest absolute Gasteiger partial charge is 0.332 e. The van der Waals surface area contributed by atoms with E-state index in [1.807, 2.05) is 0 Å². The van der Waals surface area contributed by atoms with Crippen LogP contribution in [-0.2, 0) is 14.3 Å². The molecule has 0 bridgehead atoms. The van der Waals surface area contributed by atoms with Crippen molar-refractivity contribution >= 4 is 34.7 Å². The van der Waals surface area contributed by atoms with Crippen molar-refractivity contribution in [3.05, 3.63) is 0 Å². The molecule has 5 nitrogen and oxygen atoms in total. The average Bonchev–Trinajstić information content (AvgIpc) is 1.99. The molecule has 0 rings (SSSR count). The summed E-state index contributed by atoms with van der Waals surface area (Å²) in [5.41, 5.74) is 0. The summed E-state index contributed by atoms with van der Waals surface area (Å²) < 4.78 is 6.45. The molecular formula is C4H6INO4. The Balaban J connectivity index is 3.35. The number of rotatable bonds is 3. The van der Waals surface area contributed by atoms with Crippen molar-refractivity contribution < 1.29 is 19.4 Å². The van der Waals surface area contributed by atoms with Gasteiger partial charge in [-0.15, -0.1) is 0 Å². The lowest BCUT2D eigenvalue weighted by Gasteiger charge is -1.98. The summed E-state index contributed by atoms with van der Waals surface area (Å²) in [7, 11) is 0. The van der Waals surface area contributed by atoms with Crippen molar-refractivity contribution in [1.82, 2.24) is 3.53 Å². The minimum absolute atomic E-state index is 0.345. The van der Waals surface area contributed by atoms with E-state index in [0.29, 0.717) is 0 Å². The van der Waals surface area contributed by atoms with Gasteiger partial charge in [0.2, 0.25) is 0 Å². The van der Waals surface area contributed by atoms with E-state index in [-0.39, 0.29) is 6.61 Å². The van der Waals surface area contributed by atoms with Crippen LogP contribution in [0.3, 0.4) is 0 Å². The Kier molecular flexibility index (Phi) is 5.22. The van der Waals surface area contributed by atoms with Gasteiger partial charge in [0.25, 0.3) is 5.91 Å². The Labute approximate surface area is 71.2 Å². The van der Waals surface area contributed by atoms with Crippen LogP contribution in [0.25, 0.3) is 0 Å². The van der Waals surface area contributed by atoms with E-state index in [0.717, 1.165) is 0 Å². The molecule has 0 saturated carbocycles. The summed E-state index contributed by atoms with van der Waals surface area (Å²) >= 11 is 1.62. The second-order valence-corrected chi connectivity index (χ2v) is 1.88. The summed E-state index contributed by atoms with van der Waals surface area (Å²) in [6.07, 6.45) is 0. The Bertz CT molecular complexity index is 121. The van der Waals surface area contributed by atoms with Gasteiger partial charge >= 0.3 is 5.97 Å². The molecule has 1 amide bonds. The van der Waals surface area contributed by atoms with Crippen LogP contribution in [0.15, 0.2) is 0 Å². The van der Waals surface area contributed by atoms with Crippen molar-refractivity contribution in [3.8, 4) is 0 Å². The Morgan fingerprint density at radius 2 is 2.20 bits per heavy atom. The summed E-state index contributed by atoms with van der Waals surface area (Å²) in [5, 5.41) is 8.11. The van der Waals surface area contributed by atoms with E-state index in [1.165, 1.54) is 0 Å². The first-order valence-electron chi connectivity index (χ1n) is 2.36. The molecule has 10 heavy (non-hydrogen) atoms. The van der Waals surface area contributed by atoms with Crippen LogP contribution in [-0.4, -0.2) is 30.2 Å². The second-order valence-electron chi connectivity index (χ2n) is 1.34. The van der Waals surface area contributed by atoms with Gasteiger partial charge < -0.3 is 9.84 Å². The number of aliphatic hydroxyl groups excluding tert-OH is 1. The molecule has 0 aliphatic rings. The predicted molar refractivity (Wildman–Crippen MR) is 40.2 cm³/mol. The molecule has 2 N–H and O–H groups in total. The standard InChI is InChI=1S/C4H6INO4/c5-6-3(8)2-10-4(9)1-7/h7H,1-2H2,(H,6,8). The van der Waals surface area contributed by atoms with E-state index < -0.39 is 18.5 Å². The van der Waals surface area contributed by atoms with Crippen LogP contribution < -0.4 is 3.53 Å². The minimum atomic E-state index is -0.806. The van der Waals surface area contributed by atoms with Crippen LogP contribution in [0.2, 0.25) is 0 Å². The second kappa shape index (κ2) is 5.42. The summed E-state index contributed by atoms with van der Waals surface area (Å²) in [5.74, 6) is -1.22. The third-order valence-electron chi connectivity index (χ3n) is 0.599. The molecule has 58 valence electrons. The molecule has 0 unspecified atom stereocenters. The molecule has 0 aliphatic carbocycles. The molecule has 0 radical (unpaired) electrons. The highest BCUT2D eigenvalue weighted by Crippen LogP contribution is 1.78. The highest BCUT2D eigenvalue weighted by molar-refractivity contribution is 14.1. The zero-order valence-electron chi connectivity index (χ0n) is 4.96. The fraction of sp³-hybridized carbons (Fsp3) is 0.500. The number of esters is 1. The molecule has 0 aromatic carbocycles. The number of carbonyl (C=O) groups is 2. The van der Waals surface area contributed by atoms with Gasteiger partial charge in [0.1, 0.15) is 6.61 Å². The molecule has 0 heterocycles. The quantitative estimate of drug-likeness (QED) is 0.387. The largest absolute Gasteiger partial charge is 0.454 e. The SMILES string of the molecule is O=C(COC(=O)CO)NI. The lowest BCUT2D eigenvalue weighted by Crippen LogP contribution is -2.22. The van der Waals surface area contributed by atoms with Crippen LogP contribution in [0, 0.1) is 0 Å². The topological polar surface area (TPSA) is 75.6 Å². The van der Waals surface area contributed by atoms with Gasteiger partial charge in [-0.05, 0) is 0 Å². The van der Waals surface area contributed by atoms with E-state index >= 15 is 0 Å². The van der Waals surface area contributed by atoms with Gasteiger partial charge in [-0.3, -0.25) is 8.32 Å². The molecule has 0 fully saturated rings. The first kappa shape index (κ1) is 9.63. The monoisotopic (exact) mass is 259 g/mol. The molecule has 0 spiro atoms. The zero-order valence-corrected chi connectivity index (χ0v) is 7.12. The lowest BCUT2D eigenvalue weighted by molar-refractivity contribution is -0.150. The minimum Gasteiger partial charge on any atom is -0.454 e. The molecule has 0 saturated heterocycles. The van der Waals surface area contributed by atoms with Crippen molar-refractivity contribution in [2.24, 2.45) is 0 Å². The normalized spacial score (nSPS) is 8.60. The van der Waals surface area contributed by atoms with Gasteiger partial charge in [0.15, 0.2) is 6.61 Å². The molecule has 0 aromatic rings. The fourth-order valence-electron chi connectivity index (χ4n) is 0.219. The molecule has 0 aliphatic heterocycles. The Hall–Kier alpha value is -0.370. The fourth-order valence-corrected chi connectivity index (χ4v) is 0.375. The van der Waals surface area contributed by atoms with Gasteiger partial charge in [0, 0.05) is 0 Å². The summed E-state index contributed by atoms with van der Waals surface area (Å²) in [4.78, 5) is 20.5. The highest BCUT2D eigenvalue weighted by Gasteiger charge is 2.03. The molecule has 0 atom stereocenters. The summed E-state index contributed by atoms with van der Waals surface area (Å²) in [6.45, 7) is -1.04. The van der Waals surface area contributed by atoms with Crippen molar-refractivity contribution in [1.29, 1.82) is 0 Å². The van der Waals surface area contributed by atoms with Gasteiger partial charge in [-0.2, -0.15) is 0 Å². The molecule has 6 heteroatoms. The first-order chi connectivity index (χ1) is 4.70. The van der Waals surface area contributed by atoms with Crippen LogP contribution in [0.5, 0.6) is 0 Å². The predicted octanol–water partition coefficient (Wildman–Crippen LogP) is -1.01. The van der Waals surface area contributed by atoms with Gasteiger partial charge in [0.05, 0.1) is 22.9 Å². The maximum atomic E-state index is 10.4. The molecule has 0 aromatic heterocycles. The van der Waals surface area contributed by atoms with Crippen molar-refractivity contribution in [3.63, 3.8) is 0 Å². The number of hydrogen-bond donors (Lipinski definition) is 2. The lowest BCUT2D eigenvalue weighted by atomic mass is 10.6. The number of aliphatic hydroxyl groups is 1. The van der Waals surface area contributed by atoms with E-state index in [2.05, 4.69) is 8.27 Å². The zero-order chi connectivity index (χ0) is 7.98. The first-order valence-corrected chi connectivity index (χ1v) is 3.44. The highest BCUT2D eigenvalue weighted by atomic mass is 127. The maximum absolute atomic E-state index is 10.4. The number of ether oxygens (including phenoxy) is 1. The summed E-state index contributed by atoms with van der Waals surface area (Å²) in [6, 6.07) is 0. The maximum Gasteiger partial charge on any atom is 0.332 e. The van der Waals surface area contributed by atoms with Crippen molar-refractivity contribution in [2.45, 2.75) is 0 Å². The van der Waals surface area contributed by atoms with Crippen LogP contribution >= 0.6 is 22.9 Å². The molecular weight excluding hydrogens is 253 g/mol. The van der Waals surface area contributed by atoms with Gasteiger partial charge in [-0.1, -0.05) is 0 Å². The third-order valence-corrected chi connectivity index (χ3v) is 1.20. The number of carbonyl (C=O) groups excluding carboxylic acids is 2. The van der Waals surface area contributed by atoms with E-state index in [4.69, 9.17) is 5.11 Å². The number of amides is 1. The third kappa shape index (κ3) is 4.50. The Morgan fingerprint density at radius 1 is 1.60 bits per heavy atom. The van der Waals surface area contributed by atoms with E-state index in [9.17, 15) is 9.59 Å². The van der Waals surface area contributed by atoms with Gasteiger partial charge in [-0.25, -0.2) is 4.79 Å². The Morgan fingerprint density at radius 3 is 2.60 bits per heavy atom. The van der Waals surface area contributed by atoms with Crippen LogP contribution in [0.4, 0.5) is 0 Å². The number of halogens is 1.